The number of nitrogens with one attached hydrogen (secondary N) is 1. The average molecular weight is 311 g/mol. The summed E-state index contributed by atoms with van der Waals surface area (Å²) in [5, 5.41) is 3.45. The van der Waals surface area contributed by atoms with Crippen molar-refractivity contribution in [2.45, 2.75) is 6.92 Å². The number of halogens is 2. The summed E-state index contributed by atoms with van der Waals surface area (Å²) >= 11 is 0. The normalized spacial score (nSPS) is 11.4. The Kier molecular flexibility index (Phi) is 2.81. The molecular formula is C17H11F2N3O. The average Bonchev–Trinajstić information content (AvgIpc) is 2.86. The lowest BCUT2D eigenvalue weighted by atomic mass is 10.1. The van der Waals surface area contributed by atoms with E-state index in [0.717, 1.165) is 11.6 Å². The van der Waals surface area contributed by atoms with E-state index in [2.05, 4.69) is 10.1 Å². The number of fused-ring (bicyclic) bond motifs is 3. The number of benzene rings is 2. The summed E-state index contributed by atoms with van der Waals surface area (Å²) in [6.07, 6.45) is 1.31. The number of H-pyrrole nitrogens is 1. The highest BCUT2D eigenvalue weighted by Crippen LogP contribution is 2.24. The van der Waals surface area contributed by atoms with Crippen molar-refractivity contribution in [3.05, 3.63) is 70.1 Å². The molecule has 0 atom stereocenters. The van der Waals surface area contributed by atoms with E-state index in [4.69, 9.17) is 0 Å². The number of aryl methyl sites for hydroxylation is 1. The fourth-order valence-corrected chi connectivity index (χ4v) is 2.67. The molecule has 0 fully saturated rings. The van der Waals surface area contributed by atoms with Crippen molar-refractivity contribution in [2.24, 2.45) is 0 Å². The monoisotopic (exact) mass is 311 g/mol. The highest BCUT2D eigenvalue weighted by atomic mass is 19.1. The minimum absolute atomic E-state index is 0.0243. The van der Waals surface area contributed by atoms with Crippen LogP contribution in [0.25, 0.3) is 27.5 Å². The van der Waals surface area contributed by atoms with Gasteiger partial charge in [-0.3, -0.25) is 14.9 Å². The third-order valence-corrected chi connectivity index (χ3v) is 3.84. The van der Waals surface area contributed by atoms with Crippen LogP contribution in [0.2, 0.25) is 0 Å². The van der Waals surface area contributed by atoms with Crippen molar-refractivity contribution in [3.63, 3.8) is 0 Å². The predicted molar refractivity (Wildman–Crippen MR) is 83.8 cm³/mol. The first-order valence-corrected chi connectivity index (χ1v) is 7.00. The van der Waals surface area contributed by atoms with Crippen LogP contribution in [0, 0.1) is 18.6 Å². The predicted octanol–water partition coefficient (Wildman–Crippen LogP) is 3.45. The van der Waals surface area contributed by atoms with Gasteiger partial charge in [0.25, 0.3) is 5.56 Å². The van der Waals surface area contributed by atoms with Crippen LogP contribution in [0.15, 0.2) is 47.4 Å². The van der Waals surface area contributed by atoms with Gasteiger partial charge in [-0.15, -0.1) is 0 Å². The van der Waals surface area contributed by atoms with Gasteiger partial charge in [-0.05, 0) is 25.1 Å². The molecule has 0 saturated heterocycles. The quantitative estimate of drug-likeness (QED) is 0.585. The van der Waals surface area contributed by atoms with E-state index in [1.165, 1.54) is 16.9 Å². The molecule has 0 aliphatic carbocycles. The number of pyridine rings is 1. The van der Waals surface area contributed by atoms with Crippen molar-refractivity contribution in [2.75, 3.05) is 0 Å². The maximum atomic E-state index is 13.8. The van der Waals surface area contributed by atoms with E-state index >= 15 is 0 Å². The Morgan fingerprint density at radius 1 is 1.09 bits per heavy atom. The minimum atomic E-state index is -0.758. The zero-order valence-electron chi connectivity index (χ0n) is 12.1. The van der Waals surface area contributed by atoms with E-state index < -0.39 is 11.6 Å². The highest BCUT2D eigenvalue weighted by Gasteiger charge is 2.15. The van der Waals surface area contributed by atoms with Gasteiger partial charge in [0.2, 0.25) is 0 Å². The molecule has 0 radical (unpaired) electrons. The van der Waals surface area contributed by atoms with Crippen LogP contribution in [0.3, 0.4) is 0 Å². The second-order valence-electron chi connectivity index (χ2n) is 5.42. The number of hydrogen-bond donors (Lipinski definition) is 1. The van der Waals surface area contributed by atoms with Crippen LogP contribution in [0.5, 0.6) is 0 Å². The molecule has 114 valence electrons. The molecule has 0 aliphatic heterocycles. The Hall–Kier alpha value is -3.02. The van der Waals surface area contributed by atoms with Crippen LogP contribution < -0.4 is 5.56 Å². The molecule has 4 nitrogen and oxygen atoms in total. The molecule has 2 aromatic heterocycles. The SMILES string of the molecule is Cc1ccc(-n2[nH]c3c(cnc4c(F)cc(F)cc43)c2=O)cc1. The fourth-order valence-electron chi connectivity index (χ4n) is 2.67. The van der Waals surface area contributed by atoms with Crippen molar-refractivity contribution >= 4 is 21.8 Å². The summed E-state index contributed by atoms with van der Waals surface area (Å²) in [6.45, 7) is 1.95. The van der Waals surface area contributed by atoms with Crippen molar-refractivity contribution in [1.82, 2.24) is 14.8 Å². The molecule has 0 aliphatic rings. The molecule has 0 amide bonds. The first-order chi connectivity index (χ1) is 11.0. The zero-order chi connectivity index (χ0) is 16.1. The van der Waals surface area contributed by atoms with E-state index in [1.54, 1.807) is 12.1 Å². The van der Waals surface area contributed by atoms with E-state index in [1.807, 2.05) is 19.1 Å². The van der Waals surface area contributed by atoms with Crippen molar-refractivity contribution in [1.29, 1.82) is 0 Å². The second kappa shape index (κ2) is 4.74. The van der Waals surface area contributed by atoms with Crippen LogP contribution >= 0.6 is 0 Å². The van der Waals surface area contributed by atoms with Crippen LogP contribution in [0.1, 0.15) is 5.56 Å². The summed E-state index contributed by atoms with van der Waals surface area (Å²) < 4.78 is 28.7. The Morgan fingerprint density at radius 3 is 2.57 bits per heavy atom. The van der Waals surface area contributed by atoms with Crippen LogP contribution in [-0.4, -0.2) is 14.8 Å². The van der Waals surface area contributed by atoms with Crippen LogP contribution in [0.4, 0.5) is 8.78 Å². The molecule has 0 unspecified atom stereocenters. The molecule has 2 aromatic carbocycles. The smallest absolute Gasteiger partial charge is 0.280 e. The molecular weight excluding hydrogens is 300 g/mol. The van der Waals surface area contributed by atoms with Gasteiger partial charge in [-0.1, -0.05) is 17.7 Å². The van der Waals surface area contributed by atoms with Gasteiger partial charge in [0.15, 0.2) is 5.82 Å². The largest absolute Gasteiger partial charge is 0.290 e. The Morgan fingerprint density at radius 2 is 1.83 bits per heavy atom. The summed E-state index contributed by atoms with van der Waals surface area (Å²) in [6, 6.07) is 9.29. The molecule has 0 spiro atoms. The third kappa shape index (κ3) is 2.03. The molecule has 1 N–H and O–H groups in total. The van der Waals surface area contributed by atoms with Gasteiger partial charge in [-0.2, -0.15) is 0 Å². The van der Waals surface area contributed by atoms with Gasteiger partial charge >= 0.3 is 0 Å². The van der Waals surface area contributed by atoms with Crippen LogP contribution in [-0.2, 0) is 0 Å². The van der Waals surface area contributed by atoms with E-state index in [0.29, 0.717) is 11.2 Å². The van der Waals surface area contributed by atoms with Gasteiger partial charge in [0, 0.05) is 17.6 Å². The Bertz CT molecular complexity index is 1110. The van der Waals surface area contributed by atoms with Crippen molar-refractivity contribution in [3.8, 4) is 5.69 Å². The first kappa shape index (κ1) is 13.6. The van der Waals surface area contributed by atoms with E-state index in [9.17, 15) is 13.6 Å². The minimum Gasteiger partial charge on any atom is -0.290 e. The lowest BCUT2D eigenvalue weighted by molar-refractivity contribution is 0.590. The molecule has 2 heterocycles. The molecule has 4 rings (SSSR count). The second-order valence-corrected chi connectivity index (χ2v) is 5.42. The van der Waals surface area contributed by atoms with Gasteiger partial charge < -0.3 is 0 Å². The maximum absolute atomic E-state index is 13.8. The number of rotatable bonds is 1. The number of aromatic nitrogens is 3. The van der Waals surface area contributed by atoms with Crippen molar-refractivity contribution < 1.29 is 8.78 Å². The summed E-state index contributed by atoms with van der Waals surface area (Å²) in [5.41, 5.74) is 1.77. The summed E-state index contributed by atoms with van der Waals surface area (Å²) in [4.78, 5) is 16.5. The lowest BCUT2D eigenvalue weighted by Crippen LogP contribution is -2.14. The number of hydrogen-bond acceptors (Lipinski definition) is 2. The lowest BCUT2D eigenvalue weighted by Gasteiger charge is -2.02. The fraction of sp³-hybridized carbons (Fsp3) is 0.0588. The molecule has 0 saturated carbocycles. The molecule has 23 heavy (non-hydrogen) atoms. The number of nitrogens with zero attached hydrogens (tertiary/aromatic N) is 2. The number of aromatic amines is 1. The molecule has 4 aromatic rings. The van der Waals surface area contributed by atoms with Gasteiger partial charge in [-0.25, -0.2) is 13.5 Å². The van der Waals surface area contributed by atoms with E-state index in [-0.39, 0.29) is 21.8 Å². The summed E-state index contributed by atoms with van der Waals surface area (Å²) in [5.74, 6) is -1.47. The molecule has 6 heteroatoms. The third-order valence-electron chi connectivity index (χ3n) is 3.84. The first-order valence-electron chi connectivity index (χ1n) is 7.00. The Balaban J connectivity index is 2.09. The highest BCUT2D eigenvalue weighted by molar-refractivity contribution is 6.02. The summed E-state index contributed by atoms with van der Waals surface area (Å²) in [7, 11) is 0. The van der Waals surface area contributed by atoms with Gasteiger partial charge in [0.05, 0.1) is 16.6 Å². The maximum Gasteiger partial charge on any atom is 0.280 e. The van der Waals surface area contributed by atoms with Gasteiger partial charge in [0.1, 0.15) is 11.3 Å². The molecule has 0 bridgehead atoms. The Labute approximate surface area is 129 Å². The zero-order valence-corrected chi connectivity index (χ0v) is 12.1. The topological polar surface area (TPSA) is 50.7 Å². The standard InChI is InChI=1S/C17H11F2N3O/c1-9-2-4-11(5-3-9)22-17(23)13-8-20-16-12(15(13)21-22)6-10(18)7-14(16)19/h2-8,21H,1H3.